The van der Waals surface area contributed by atoms with E-state index in [-0.39, 0.29) is 31.1 Å². The van der Waals surface area contributed by atoms with E-state index >= 15 is 0 Å². The van der Waals surface area contributed by atoms with Gasteiger partial charge in [0.1, 0.15) is 13.2 Å². The first-order chi connectivity index (χ1) is 36.5. The molecule has 0 bridgehead atoms. The lowest BCUT2D eigenvalue weighted by Gasteiger charge is -2.18. The molecule has 0 N–H and O–H groups in total. The van der Waals surface area contributed by atoms with Crippen LogP contribution in [0.1, 0.15) is 323 Å². The summed E-state index contributed by atoms with van der Waals surface area (Å²) in [5.74, 6) is -0.893. The minimum Gasteiger partial charge on any atom is -0.462 e. The summed E-state index contributed by atoms with van der Waals surface area (Å²) in [4.78, 5) is 38.3. The second kappa shape index (κ2) is 62.4. The maximum Gasteiger partial charge on any atom is 0.306 e. The van der Waals surface area contributed by atoms with Crippen molar-refractivity contribution >= 4 is 17.9 Å². The summed E-state index contributed by atoms with van der Waals surface area (Å²) in [7, 11) is 0. The van der Waals surface area contributed by atoms with Gasteiger partial charge < -0.3 is 14.2 Å². The molecule has 0 fully saturated rings. The zero-order valence-electron chi connectivity index (χ0n) is 49.1. The van der Waals surface area contributed by atoms with E-state index < -0.39 is 6.10 Å². The van der Waals surface area contributed by atoms with Gasteiger partial charge in [0.05, 0.1) is 0 Å². The van der Waals surface area contributed by atoms with Crippen LogP contribution in [-0.4, -0.2) is 37.2 Å². The third kappa shape index (κ3) is 59.7. The van der Waals surface area contributed by atoms with Gasteiger partial charge in [-0.25, -0.2) is 0 Å². The molecule has 0 saturated heterocycles. The van der Waals surface area contributed by atoms with Crippen molar-refractivity contribution in [1.82, 2.24) is 0 Å². The topological polar surface area (TPSA) is 78.9 Å². The zero-order valence-corrected chi connectivity index (χ0v) is 49.1. The number of carbonyl (C=O) groups excluding carboxylic acids is 3. The molecule has 1 atom stereocenters. The van der Waals surface area contributed by atoms with Gasteiger partial charge >= 0.3 is 17.9 Å². The Balaban J connectivity index is 4.38. The van der Waals surface area contributed by atoms with Crippen LogP contribution in [0.25, 0.3) is 0 Å². The molecule has 0 heterocycles. The standard InChI is InChI=1S/C68H120O6/c1-4-7-10-13-16-19-22-25-28-31-32-33-34-35-36-38-40-43-46-49-52-55-58-61-67(70)73-64-65(63-72-66(69)60-57-54-51-48-45-42-39-30-27-24-21-18-15-12-9-6-3)74-68(71)62-59-56-53-50-47-44-41-37-29-26-23-20-17-14-11-8-5-2/h17,20,22,25-26,29-32,34-35,39,65H,4-16,18-19,21,23-24,27-28,33,36-38,40-64H2,1-3H3/b20-17-,25-22-,29-26-,32-31-,35-34-,39-30-. The number of hydrogen-bond donors (Lipinski definition) is 0. The van der Waals surface area contributed by atoms with Crippen molar-refractivity contribution < 1.29 is 28.6 Å². The van der Waals surface area contributed by atoms with Crippen molar-refractivity contribution in [2.24, 2.45) is 0 Å². The average molecular weight is 1030 g/mol. The van der Waals surface area contributed by atoms with Crippen molar-refractivity contribution in [2.45, 2.75) is 329 Å². The molecule has 1 unspecified atom stereocenters. The first kappa shape index (κ1) is 70.8. The van der Waals surface area contributed by atoms with Gasteiger partial charge in [0, 0.05) is 19.3 Å². The molecule has 0 aliphatic heterocycles. The number of unbranched alkanes of at least 4 members (excludes halogenated alkanes) is 35. The van der Waals surface area contributed by atoms with Crippen LogP contribution >= 0.6 is 0 Å². The Bertz CT molecular complexity index is 1370. The fourth-order valence-electron chi connectivity index (χ4n) is 9.06. The van der Waals surface area contributed by atoms with Crippen molar-refractivity contribution in [1.29, 1.82) is 0 Å². The molecule has 0 spiro atoms. The maximum atomic E-state index is 12.9. The number of esters is 3. The highest BCUT2D eigenvalue weighted by molar-refractivity contribution is 5.71. The van der Waals surface area contributed by atoms with E-state index in [4.69, 9.17) is 14.2 Å². The summed E-state index contributed by atoms with van der Waals surface area (Å²) in [5.41, 5.74) is 0. The van der Waals surface area contributed by atoms with E-state index in [9.17, 15) is 14.4 Å². The van der Waals surface area contributed by atoms with E-state index in [1.807, 2.05) is 0 Å². The van der Waals surface area contributed by atoms with Crippen LogP contribution in [0.5, 0.6) is 0 Å². The summed E-state index contributed by atoms with van der Waals surface area (Å²) in [6.45, 7) is 6.61. The third-order valence-corrected chi connectivity index (χ3v) is 13.9. The molecule has 428 valence electrons. The summed E-state index contributed by atoms with van der Waals surface area (Å²) < 4.78 is 16.9. The predicted octanol–water partition coefficient (Wildman–Crippen LogP) is 21.7. The normalized spacial score (nSPS) is 12.5. The van der Waals surface area contributed by atoms with Crippen LogP contribution in [0.2, 0.25) is 0 Å². The fourth-order valence-corrected chi connectivity index (χ4v) is 9.06. The van der Waals surface area contributed by atoms with Crippen LogP contribution in [0, 0.1) is 0 Å². The first-order valence-corrected chi connectivity index (χ1v) is 31.9. The van der Waals surface area contributed by atoms with Crippen molar-refractivity contribution in [3.05, 3.63) is 72.9 Å². The van der Waals surface area contributed by atoms with Gasteiger partial charge in [-0.3, -0.25) is 14.4 Å². The minimum atomic E-state index is -0.788. The first-order valence-electron chi connectivity index (χ1n) is 31.9. The highest BCUT2D eigenvalue weighted by Crippen LogP contribution is 2.16. The van der Waals surface area contributed by atoms with Crippen LogP contribution in [0.4, 0.5) is 0 Å². The second-order valence-electron chi connectivity index (χ2n) is 21.3. The lowest BCUT2D eigenvalue weighted by molar-refractivity contribution is -0.167. The minimum absolute atomic E-state index is 0.0842. The van der Waals surface area contributed by atoms with E-state index in [1.165, 1.54) is 186 Å². The molecule has 0 aliphatic rings. The maximum absolute atomic E-state index is 12.9. The Morgan fingerprint density at radius 3 is 0.797 bits per heavy atom. The van der Waals surface area contributed by atoms with Crippen molar-refractivity contribution in [2.75, 3.05) is 13.2 Å². The lowest BCUT2D eigenvalue weighted by atomic mass is 10.1. The lowest BCUT2D eigenvalue weighted by Crippen LogP contribution is -2.30. The highest BCUT2D eigenvalue weighted by Gasteiger charge is 2.19. The van der Waals surface area contributed by atoms with Gasteiger partial charge in [-0.05, 0) is 116 Å². The Kier molecular flexibility index (Phi) is 59.7. The largest absolute Gasteiger partial charge is 0.462 e. The number of hydrogen-bond acceptors (Lipinski definition) is 6. The van der Waals surface area contributed by atoms with Crippen LogP contribution in [0.3, 0.4) is 0 Å². The monoisotopic (exact) mass is 1030 g/mol. The summed E-state index contributed by atoms with van der Waals surface area (Å²) in [6.07, 6.45) is 80.4. The molecule has 6 nitrogen and oxygen atoms in total. The molecule has 0 saturated carbocycles. The fraction of sp³-hybridized carbons (Fsp3) is 0.779. The molecule has 0 aliphatic carbocycles. The quantitative estimate of drug-likeness (QED) is 0.0261. The second-order valence-corrected chi connectivity index (χ2v) is 21.3. The molecule has 74 heavy (non-hydrogen) atoms. The van der Waals surface area contributed by atoms with Gasteiger partial charge in [0.2, 0.25) is 0 Å². The van der Waals surface area contributed by atoms with E-state index in [0.717, 1.165) is 96.3 Å². The van der Waals surface area contributed by atoms with Crippen LogP contribution < -0.4 is 0 Å². The summed E-state index contributed by atoms with van der Waals surface area (Å²) in [5, 5.41) is 0. The van der Waals surface area contributed by atoms with Gasteiger partial charge in [-0.2, -0.15) is 0 Å². The van der Waals surface area contributed by atoms with Gasteiger partial charge in [-0.15, -0.1) is 0 Å². The molecule has 0 aromatic rings. The molecule has 0 radical (unpaired) electrons. The van der Waals surface area contributed by atoms with Gasteiger partial charge in [-0.1, -0.05) is 261 Å². The summed E-state index contributed by atoms with van der Waals surface area (Å²) >= 11 is 0. The van der Waals surface area contributed by atoms with Crippen molar-refractivity contribution in [3.8, 4) is 0 Å². The third-order valence-electron chi connectivity index (χ3n) is 13.9. The van der Waals surface area contributed by atoms with Gasteiger partial charge in [0.15, 0.2) is 6.10 Å². The molecular formula is C68H120O6. The average Bonchev–Trinajstić information content (AvgIpc) is 3.40. The highest BCUT2D eigenvalue weighted by atomic mass is 16.6. The number of carbonyl (C=O) groups is 3. The molecule has 0 rings (SSSR count). The molecule has 0 aromatic heterocycles. The molecular weight excluding hydrogens is 913 g/mol. The van der Waals surface area contributed by atoms with E-state index in [0.29, 0.717) is 19.3 Å². The van der Waals surface area contributed by atoms with Crippen molar-refractivity contribution in [3.63, 3.8) is 0 Å². The Morgan fingerprint density at radius 2 is 0.486 bits per heavy atom. The predicted molar refractivity (Wildman–Crippen MR) is 321 cm³/mol. The SMILES string of the molecule is CCCCC/C=C\C/C=C\CCCCCCCCCC(=O)OC(COC(=O)CCCCCCC/C=C\CCCCCCCCC)COC(=O)CCCCCCCCCC/C=C\C/C=C\C/C=C\CCCCCCC. The molecule has 0 amide bonds. The molecule has 0 aromatic carbocycles. The number of rotatable bonds is 58. The number of allylic oxidation sites excluding steroid dienone is 12. The Morgan fingerprint density at radius 1 is 0.270 bits per heavy atom. The van der Waals surface area contributed by atoms with Crippen LogP contribution in [-0.2, 0) is 28.6 Å². The number of ether oxygens (including phenoxy) is 3. The zero-order chi connectivity index (χ0) is 53.6. The van der Waals surface area contributed by atoms with E-state index in [2.05, 4.69) is 93.7 Å². The Hall–Kier alpha value is -3.15. The smallest absolute Gasteiger partial charge is 0.306 e. The summed E-state index contributed by atoms with van der Waals surface area (Å²) in [6, 6.07) is 0. The molecule has 6 heteroatoms. The van der Waals surface area contributed by atoms with Gasteiger partial charge in [0.25, 0.3) is 0 Å². The van der Waals surface area contributed by atoms with Crippen LogP contribution in [0.15, 0.2) is 72.9 Å². The van der Waals surface area contributed by atoms with E-state index in [1.54, 1.807) is 0 Å². The Labute approximate surface area is 459 Å².